The Hall–Kier alpha value is -0.0138. The van der Waals surface area contributed by atoms with Crippen molar-refractivity contribution in [1.29, 1.82) is 0 Å². The first-order valence-electron chi connectivity index (χ1n) is 1.91. The number of benzene rings is 1. The molecule has 0 aliphatic heterocycles. The van der Waals surface area contributed by atoms with Gasteiger partial charge in [0.1, 0.15) is 0 Å². The van der Waals surface area contributed by atoms with Crippen LogP contribution in [0.15, 0.2) is 30.3 Å². The van der Waals surface area contributed by atoms with Gasteiger partial charge in [0.15, 0.2) is 0 Å². The lowest BCUT2D eigenvalue weighted by atomic mass is 10.4. The topological polar surface area (TPSA) is 0 Å². The first kappa shape index (κ1) is 6.99. The largest absolute Gasteiger partial charge is 0.0622 e. The first-order chi connectivity index (χ1) is 3.00. The summed E-state index contributed by atoms with van der Waals surface area (Å²) in [6, 6.07) is 12.5. The van der Waals surface area contributed by atoms with Crippen molar-refractivity contribution in [1.82, 2.24) is 0 Å². The predicted octanol–water partition coefficient (Wildman–Crippen LogP) is 1.35. The van der Waals surface area contributed by atoms with Crippen LogP contribution in [0.5, 0.6) is 0 Å². The molecular weight excluding hydrogens is 96.4 g/mol. The second kappa shape index (κ2) is 4.15. The highest BCUT2D eigenvalue weighted by Gasteiger charge is 1.58. The van der Waals surface area contributed by atoms with Crippen LogP contribution in [0.2, 0.25) is 0 Å². The minimum Gasteiger partial charge on any atom is -0.0622 e. The van der Waals surface area contributed by atoms with Crippen molar-refractivity contribution in [2.45, 2.75) is 0 Å². The lowest BCUT2D eigenvalue weighted by Crippen LogP contribution is -1.49. The predicted molar refractivity (Wildman–Crippen MR) is 33.1 cm³/mol. The number of hydrogen-bond donors (Lipinski definition) is 0. The molecule has 0 spiro atoms. The van der Waals surface area contributed by atoms with Crippen LogP contribution in [0.25, 0.3) is 0 Å². The molecule has 0 atom stereocenters. The second-order valence-corrected chi connectivity index (χ2v) is 1.08. The van der Waals surface area contributed by atoms with Crippen molar-refractivity contribution in [3.8, 4) is 0 Å². The van der Waals surface area contributed by atoms with Gasteiger partial charge in [0.05, 0.1) is 0 Å². The summed E-state index contributed by atoms with van der Waals surface area (Å²) in [7, 11) is 0. The summed E-state index contributed by atoms with van der Waals surface area (Å²) in [4.78, 5) is 0. The lowest BCUT2D eigenvalue weighted by Gasteiger charge is -1.68. The van der Waals surface area contributed by atoms with Gasteiger partial charge in [0, 0.05) is 24.5 Å². The van der Waals surface area contributed by atoms with E-state index in [9.17, 15) is 0 Å². The Morgan fingerprint density at radius 2 is 1.57 bits per heavy atom. The molecule has 0 aromatic heterocycles. The van der Waals surface area contributed by atoms with Crippen LogP contribution in [-0.4, -0.2) is 23.1 Å². The highest BCUT2D eigenvalue weighted by Crippen LogP contribution is 1.78. The molecule has 0 saturated heterocycles. The van der Waals surface area contributed by atoms with Crippen molar-refractivity contribution in [3.63, 3.8) is 0 Å². The zero-order valence-corrected chi connectivity index (χ0v) is 5.51. The van der Waals surface area contributed by atoms with Crippen molar-refractivity contribution in [2.75, 3.05) is 0 Å². The van der Waals surface area contributed by atoms with Gasteiger partial charge in [-0.2, -0.15) is 0 Å². The van der Waals surface area contributed by atoms with Gasteiger partial charge in [-0.15, -0.1) is 0 Å². The van der Waals surface area contributed by atoms with Crippen molar-refractivity contribution < 1.29 is 1.43 Å². The number of rotatable bonds is 0. The van der Waals surface area contributed by atoms with E-state index in [-0.39, 0.29) is 24.5 Å². The van der Waals surface area contributed by atoms with E-state index in [0.29, 0.717) is 0 Å². The molecule has 0 heterocycles. The molecule has 1 rings (SSSR count). The SMILES string of the molecule is [HH].[Mg].[c]1ccccc1. The van der Waals surface area contributed by atoms with Crippen molar-refractivity contribution in [3.05, 3.63) is 36.4 Å². The van der Waals surface area contributed by atoms with Crippen LogP contribution in [-0.2, 0) is 0 Å². The summed E-state index contributed by atoms with van der Waals surface area (Å²) in [5.74, 6) is 0. The highest BCUT2D eigenvalue weighted by molar-refractivity contribution is 5.75. The molecule has 0 N–H and O–H groups in total. The standard InChI is InChI=1S/C6H5.Mg.H2/c1-2-4-6-5-3-1;;/h1-5H;;1H. The molecule has 0 nitrogen and oxygen atoms in total. The van der Waals surface area contributed by atoms with E-state index < -0.39 is 0 Å². The Morgan fingerprint density at radius 3 is 1.71 bits per heavy atom. The fourth-order valence-electron chi connectivity index (χ4n) is 0.342. The molecule has 33 valence electrons. The normalized spacial score (nSPS) is 6.86. The minimum absolute atomic E-state index is 0. The van der Waals surface area contributed by atoms with Crippen molar-refractivity contribution >= 4 is 23.1 Å². The van der Waals surface area contributed by atoms with Crippen LogP contribution >= 0.6 is 0 Å². The fourth-order valence-corrected chi connectivity index (χ4v) is 0.342. The smallest absolute Gasteiger partial charge is 0 e. The third-order valence-electron chi connectivity index (χ3n) is 0.607. The van der Waals surface area contributed by atoms with Gasteiger partial charge in [0.2, 0.25) is 0 Å². The fraction of sp³-hybridized carbons (Fsp3) is 0. The Labute approximate surface area is 61.2 Å². The monoisotopic (exact) mass is 103 g/mol. The van der Waals surface area contributed by atoms with E-state index in [1.165, 1.54) is 0 Å². The van der Waals surface area contributed by atoms with E-state index in [0.717, 1.165) is 0 Å². The van der Waals surface area contributed by atoms with E-state index in [1.54, 1.807) is 0 Å². The summed E-state index contributed by atoms with van der Waals surface area (Å²) >= 11 is 0. The van der Waals surface area contributed by atoms with Crippen LogP contribution in [0.1, 0.15) is 1.43 Å². The molecule has 1 heteroatoms. The van der Waals surface area contributed by atoms with Gasteiger partial charge < -0.3 is 0 Å². The van der Waals surface area contributed by atoms with E-state index in [1.807, 2.05) is 30.3 Å². The summed E-state index contributed by atoms with van der Waals surface area (Å²) in [5.41, 5.74) is 0. The summed E-state index contributed by atoms with van der Waals surface area (Å²) in [6.07, 6.45) is 0. The quantitative estimate of drug-likeness (QED) is 0.435. The Kier molecular flexibility index (Phi) is 4.15. The summed E-state index contributed by atoms with van der Waals surface area (Å²) in [5, 5.41) is 0. The van der Waals surface area contributed by atoms with Crippen LogP contribution in [0.4, 0.5) is 0 Å². The van der Waals surface area contributed by atoms with Gasteiger partial charge in [-0.05, 0) is 6.07 Å². The van der Waals surface area contributed by atoms with Gasteiger partial charge in [-0.25, -0.2) is 0 Å². The number of hydrogen-bond acceptors (Lipinski definition) is 0. The van der Waals surface area contributed by atoms with Gasteiger partial charge in [-0.3, -0.25) is 0 Å². The molecule has 0 fully saturated rings. The zero-order chi connectivity index (χ0) is 4.24. The molecule has 0 amide bonds. The molecule has 1 aromatic rings. The highest BCUT2D eigenvalue weighted by atomic mass is 24.3. The molecule has 0 bridgehead atoms. The average Bonchev–Trinajstić information content (AvgIpc) is 1.72. The third-order valence-corrected chi connectivity index (χ3v) is 0.607. The Balaban J connectivity index is 0. The van der Waals surface area contributed by atoms with Gasteiger partial charge in [-0.1, -0.05) is 30.3 Å². The van der Waals surface area contributed by atoms with Crippen LogP contribution in [0.3, 0.4) is 0 Å². The van der Waals surface area contributed by atoms with E-state index in [4.69, 9.17) is 0 Å². The molecular formula is C6H7Mg. The van der Waals surface area contributed by atoms with E-state index >= 15 is 0 Å². The zero-order valence-electron chi connectivity index (χ0n) is 4.09. The maximum Gasteiger partial charge on any atom is 0 e. The van der Waals surface area contributed by atoms with Gasteiger partial charge in [0.25, 0.3) is 0 Å². The van der Waals surface area contributed by atoms with E-state index in [2.05, 4.69) is 6.07 Å². The average molecular weight is 103 g/mol. The molecule has 3 radical (unpaired) electrons. The molecule has 0 unspecified atom stereocenters. The molecule has 7 heavy (non-hydrogen) atoms. The summed E-state index contributed by atoms with van der Waals surface area (Å²) < 4.78 is 0. The van der Waals surface area contributed by atoms with Gasteiger partial charge >= 0.3 is 0 Å². The Morgan fingerprint density at radius 1 is 1.00 bits per heavy atom. The second-order valence-electron chi connectivity index (χ2n) is 1.08. The molecule has 0 saturated carbocycles. The maximum absolute atomic E-state index is 2.89. The summed E-state index contributed by atoms with van der Waals surface area (Å²) in [6.45, 7) is 0. The molecule has 0 aliphatic rings. The van der Waals surface area contributed by atoms with Crippen molar-refractivity contribution in [2.24, 2.45) is 0 Å². The molecule has 0 aliphatic carbocycles. The third kappa shape index (κ3) is 2.65. The molecule has 1 aromatic carbocycles. The lowest BCUT2D eigenvalue weighted by molar-refractivity contribution is 1.70. The first-order valence-corrected chi connectivity index (χ1v) is 1.91. The van der Waals surface area contributed by atoms with Crippen LogP contribution in [0, 0.1) is 6.07 Å². The Bertz CT molecular complexity index is 80.5. The van der Waals surface area contributed by atoms with Crippen LogP contribution < -0.4 is 0 Å². The maximum atomic E-state index is 2.89. The minimum atomic E-state index is 0.